The van der Waals surface area contributed by atoms with Gasteiger partial charge in [0.1, 0.15) is 0 Å². The largest absolute Gasteiger partial charge is 0.142 e. The highest BCUT2D eigenvalue weighted by atomic mass is 79.9. The molecule has 0 bridgehead atoms. The number of fused-ring (bicyclic) bond motifs is 1. The standard InChI is InChI=1S/C13H14Br2S/c1-13(2,3)12(15)9-7-16-11-8(9)5-4-6-10(11)14/h4-7,12H,1-3H3. The third-order valence-electron chi connectivity index (χ3n) is 2.62. The minimum Gasteiger partial charge on any atom is -0.142 e. The van der Waals surface area contributed by atoms with Crippen molar-refractivity contribution in [2.45, 2.75) is 25.6 Å². The van der Waals surface area contributed by atoms with Crippen LogP contribution in [0.15, 0.2) is 28.1 Å². The van der Waals surface area contributed by atoms with E-state index in [0.717, 1.165) is 0 Å². The van der Waals surface area contributed by atoms with Crippen molar-refractivity contribution in [1.82, 2.24) is 0 Å². The van der Waals surface area contributed by atoms with Crippen LogP contribution in [0.3, 0.4) is 0 Å². The molecule has 0 aliphatic rings. The smallest absolute Gasteiger partial charge is 0.0488 e. The summed E-state index contributed by atoms with van der Waals surface area (Å²) in [6.07, 6.45) is 0. The third kappa shape index (κ3) is 2.22. The van der Waals surface area contributed by atoms with Crippen LogP contribution in [0.4, 0.5) is 0 Å². The number of rotatable bonds is 1. The van der Waals surface area contributed by atoms with E-state index in [2.05, 4.69) is 76.2 Å². The first kappa shape index (κ1) is 12.6. The van der Waals surface area contributed by atoms with Gasteiger partial charge in [0.15, 0.2) is 0 Å². The van der Waals surface area contributed by atoms with Gasteiger partial charge in [-0.15, -0.1) is 11.3 Å². The Balaban J connectivity index is 2.59. The molecule has 0 fully saturated rings. The fraction of sp³-hybridized carbons (Fsp3) is 0.385. The molecular formula is C13H14Br2S. The predicted octanol–water partition coefficient (Wildman–Crippen LogP) is 6.15. The summed E-state index contributed by atoms with van der Waals surface area (Å²) in [7, 11) is 0. The van der Waals surface area contributed by atoms with E-state index in [1.165, 1.54) is 20.1 Å². The van der Waals surface area contributed by atoms with E-state index in [-0.39, 0.29) is 5.41 Å². The molecule has 1 aromatic heterocycles. The first-order valence-electron chi connectivity index (χ1n) is 5.21. The quantitative estimate of drug-likeness (QED) is 0.534. The summed E-state index contributed by atoms with van der Waals surface area (Å²) in [4.78, 5) is 0.392. The molecule has 86 valence electrons. The van der Waals surface area contributed by atoms with Gasteiger partial charge in [0.2, 0.25) is 0 Å². The lowest BCUT2D eigenvalue weighted by atomic mass is 9.88. The Morgan fingerprint density at radius 2 is 1.94 bits per heavy atom. The van der Waals surface area contributed by atoms with Crippen LogP contribution < -0.4 is 0 Å². The van der Waals surface area contributed by atoms with Crippen LogP contribution >= 0.6 is 43.2 Å². The molecule has 0 aliphatic carbocycles. The monoisotopic (exact) mass is 360 g/mol. The van der Waals surface area contributed by atoms with Gasteiger partial charge >= 0.3 is 0 Å². The van der Waals surface area contributed by atoms with Crippen molar-refractivity contribution in [2.75, 3.05) is 0 Å². The Kier molecular flexibility index (Phi) is 3.49. The number of hydrogen-bond acceptors (Lipinski definition) is 1. The van der Waals surface area contributed by atoms with Gasteiger partial charge in [-0.05, 0) is 43.7 Å². The van der Waals surface area contributed by atoms with Gasteiger partial charge in [-0.3, -0.25) is 0 Å². The van der Waals surface area contributed by atoms with E-state index >= 15 is 0 Å². The Hall–Kier alpha value is 0.140. The highest BCUT2D eigenvalue weighted by Gasteiger charge is 2.25. The minimum atomic E-state index is 0.232. The SMILES string of the molecule is CC(C)(C)C(Br)c1csc2c(Br)cccc12. The summed E-state index contributed by atoms with van der Waals surface area (Å²) in [5, 5.41) is 3.62. The summed E-state index contributed by atoms with van der Waals surface area (Å²) in [6, 6.07) is 6.40. The molecule has 3 heteroatoms. The summed E-state index contributed by atoms with van der Waals surface area (Å²) >= 11 is 9.24. The van der Waals surface area contributed by atoms with Crippen molar-refractivity contribution in [3.8, 4) is 0 Å². The first-order valence-corrected chi connectivity index (χ1v) is 7.80. The highest BCUT2D eigenvalue weighted by Crippen LogP contribution is 2.45. The summed E-state index contributed by atoms with van der Waals surface area (Å²) in [5.41, 5.74) is 1.63. The molecule has 0 N–H and O–H groups in total. The molecule has 0 saturated heterocycles. The van der Waals surface area contributed by atoms with E-state index < -0.39 is 0 Å². The maximum Gasteiger partial charge on any atom is 0.0488 e. The van der Waals surface area contributed by atoms with Gasteiger partial charge in [-0.25, -0.2) is 0 Å². The third-order valence-corrected chi connectivity index (χ3v) is 6.45. The molecule has 1 unspecified atom stereocenters. The van der Waals surface area contributed by atoms with Crippen molar-refractivity contribution in [3.63, 3.8) is 0 Å². The van der Waals surface area contributed by atoms with Crippen LogP contribution in [-0.2, 0) is 0 Å². The number of halogens is 2. The topological polar surface area (TPSA) is 0 Å². The van der Waals surface area contributed by atoms with Gasteiger partial charge in [-0.2, -0.15) is 0 Å². The molecule has 0 amide bonds. The van der Waals surface area contributed by atoms with Crippen LogP contribution in [0, 0.1) is 5.41 Å². The second-order valence-corrected chi connectivity index (χ2v) is 7.69. The molecule has 0 nitrogen and oxygen atoms in total. The molecule has 0 spiro atoms. The van der Waals surface area contributed by atoms with Gasteiger partial charge in [0.25, 0.3) is 0 Å². The fourth-order valence-corrected chi connectivity index (χ4v) is 3.91. The lowest BCUT2D eigenvalue weighted by Gasteiger charge is -2.25. The molecule has 1 aromatic carbocycles. The average molecular weight is 362 g/mol. The normalized spacial score (nSPS) is 14.3. The van der Waals surface area contributed by atoms with Crippen molar-refractivity contribution in [3.05, 3.63) is 33.6 Å². The number of thiophene rings is 1. The zero-order chi connectivity index (χ0) is 11.9. The molecular weight excluding hydrogens is 348 g/mol. The Morgan fingerprint density at radius 3 is 2.56 bits per heavy atom. The fourth-order valence-electron chi connectivity index (χ4n) is 1.70. The van der Waals surface area contributed by atoms with Crippen LogP contribution in [0.5, 0.6) is 0 Å². The van der Waals surface area contributed by atoms with Crippen molar-refractivity contribution in [1.29, 1.82) is 0 Å². The van der Waals surface area contributed by atoms with Crippen molar-refractivity contribution in [2.24, 2.45) is 5.41 Å². The summed E-state index contributed by atoms with van der Waals surface area (Å²) in [6.45, 7) is 6.77. The minimum absolute atomic E-state index is 0.232. The Labute approximate surface area is 117 Å². The molecule has 0 radical (unpaired) electrons. The van der Waals surface area contributed by atoms with Crippen molar-refractivity contribution < 1.29 is 0 Å². The lowest BCUT2D eigenvalue weighted by molar-refractivity contribution is 0.409. The number of hydrogen-bond donors (Lipinski definition) is 0. The van der Waals surface area contributed by atoms with E-state index in [0.29, 0.717) is 4.83 Å². The van der Waals surface area contributed by atoms with E-state index in [1.54, 1.807) is 0 Å². The molecule has 1 heterocycles. The van der Waals surface area contributed by atoms with Crippen LogP contribution in [0.25, 0.3) is 10.1 Å². The predicted molar refractivity (Wildman–Crippen MR) is 80.6 cm³/mol. The van der Waals surface area contributed by atoms with Crippen molar-refractivity contribution >= 4 is 53.3 Å². The molecule has 0 aliphatic heterocycles. The highest BCUT2D eigenvalue weighted by molar-refractivity contribution is 9.10. The Morgan fingerprint density at radius 1 is 1.25 bits per heavy atom. The van der Waals surface area contributed by atoms with Crippen LogP contribution in [-0.4, -0.2) is 0 Å². The average Bonchev–Trinajstić information content (AvgIpc) is 2.60. The Bertz CT molecular complexity index is 508. The van der Waals surface area contributed by atoms with Gasteiger partial charge < -0.3 is 0 Å². The molecule has 2 aromatic rings. The maximum atomic E-state index is 3.82. The molecule has 16 heavy (non-hydrogen) atoms. The summed E-state index contributed by atoms with van der Waals surface area (Å²) in [5.74, 6) is 0. The van der Waals surface area contributed by atoms with E-state index in [4.69, 9.17) is 0 Å². The van der Waals surface area contributed by atoms with E-state index in [9.17, 15) is 0 Å². The summed E-state index contributed by atoms with van der Waals surface area (Å²) < 4.78 is 2.53. The van der Waals surface area contributed by atoms with E-state index in [1.807, 2.05) is 11.3 Å². The maximum absolute atomic E-state index is 3.82. The second-order valence-electron chi connectivity index (χ2n) is 5.04. The zero-order valence-electron chi connectivity index (χ0n) is 9.55. The molecule has 2 rings (SSSR count). The first-order chi connectivity index (χ1) is 7.41. The lowest BCUT2D eigenvalue weighted by Crippen LogP contribution is -2.12. The number of benzene rings is 1. The van der Waals surface area contributed by atoms with Gasteiger partial charge in [-0.1, -0.05) is 48.8 Å². The van der Waals surface area contributed by atoms with Crippen LogP contribution in [0.2, 0.25) is 0 Å². The molecule has 0 saturated carbocycles. The van der Waals surface area contributed by atoms with Gasteiger partial charge in [0.05, 0.1) is 0 Å². The molecule has 1 atom stereocenters. The zero-order valence-corrected chi connectivity index (χ0v) is 13.5. The number of alkyl halides is 1. The second kappa shape index (κ2) is 4.43. The van der Waals surface area contributed by atoms with Gasteiger partial charge in [0, 0.05) is 14.0 Å². The van der Waals surface area contributed by atoms with Crippen LogP contribution in [0.1, 0.15) is 31.2 Å².